The Labute approximate surface area is 75.2 Å². The summed E-state index contributed by atoms with van der Waals surface area (Å²) in [6.07, 6.45) is 5.85. The predicted molar refractivity (Wildman–Crippen MR) is 56.4 cm³/mol. The molecule has 0 aromatic carbocycles. The Morgan fingerprint density at radius 3 is 2.25 bits per heavy atom. The fourth-order valence-electron chi connectivity index (χ4n) is 0.766. The Morgan fingerprint density at radius 2 is 1.92 bits per heavy atom. The average molecular weight is 163 g/mol. The first-order valence-corrected chi connectivity index (χ1v) is 4.09. The van der Waals surface area contributed by atoms with Crippen LogP contribution in [0.5, 0.6) is 0 Å². The van der Waals surface area contributed by atoms with Gasteiger partial charge in [-0.2, -0.15) is 0 Å². The monoisotopic (exact) mass is 163 g/mol. The third-order valence-electron chi connectivity index (χ3n) is 1.67. The van der Waals surface area contributed by atoms with Crippen molar-refractivity contribution < 1.29 is 0 Å². The molecule has 0 heterocycles. The van der Waals surface area contributed by atoms with Gasteiger partial charge in [0, 0.05) is 5.70 Å². The van der Waals surface area contributed by atoms with Crippen molar-refractivity contribution in [2.45, 2.75) is 20.8 Å². The summed E-state index contributed by atoms with van der Waals surface area (Å²) in [6.45, 7) is 13.4. The quantitative estimate of drug-likeness (QED) is 0.445. The summed E-state index contributed by atoms with van der Waals surface area (Å²) in [5.41, 5.74) is 2.15. The molecule has 1 heteroatoms. The van der Waals surface area contributed by atoms with Crippen LogP contribution in [0.4, 0.5) is 0 Å². The van der Waals surface area contributed by atoms with Crippen molar-refractivity contribution in [2.24, 2.45) is 10.9 Å². The van der Waals surface area contributed by atoms with E-state index in [0.717, 1.165) is 5.70 Å². The highest BCUT2D eigenvalue weighted by Crippen LogP contribution is 2.10. The van der Waals surface area contributed by atoms with Crippen molar-refractivity contribution in [3.63, 3.8) is 0 Å². The van der Waals surface area contributed by atoms with Gasteiger partial charge in [0.15, 0.2) is 0 Å². The van der Waals surface area contributed by atoms with Crippen molar-refractivity contribution in [2.75, 3.05) is 0 Å². The molecule has 0 atom stereocenters. The van der Waals surface area contributed by atoms with E-state index in [-0.39, 0.29) is 0 Å². The first-order chi connectivity index (χ1) is 5.61. The lowest BCUT2D eigenvalue weighted by Gasteiger charge is -2.03. The molecule has 0 spiro atoms. The lowest BCUT2D eigenvalue weighted by Crippen LogP contribution is -1.88. The van der Waals surface area contributed by atoms with Gasteiger partial charge in [0.1, 0.15) is 0 Å². The largest absolute Gasteiger partial charge is 0.269 e. The Kier molecular flexibility index (Phi) is 5.02. The Hall–Kier alpha value is -1.11. The van der Waals surface area contributed by atoms with Crippen molar-refractivity contribution in [3.8, 4) is 0 Å². The molecule has 66 valence electrons. The van der Waals surface area contributed by atoms with Crippen LogP contribution in [0, 0.1) is 5.92 Å². The lowest BCUT2D eigenvalue weighted by molar-refractivity contribution is 0.792. The Morgan fingerprint density at radius 1 is 1.33 bits per heavy atom. The molecule has 0 rings (SSSR count). The maximum atomic E-state index is 3.79. The van der Waals surface area contributed by atoms with Crippen LogP contribution < -0.4 is 0 Å². The second-order valence-electron chi connectivity index (χ2n) is 2.99. The highest BCUT2D eigenvalue weighted by atomic mass is 14.7. The van der Waals surface area contributed by atoms with Crippen LogP contribution in [0.2, 0.25) is 0 Å². The second kappa shape index (κ2) is 5.53. The minimum atomic E-state index is 0.511. The molecule has 0 aliphatic rings. The summed E-state index contributed by atoms with van der Waals surface area (Å²) >= 11 is 0. The third kappa shape index (κ3) is 3.91. The third-order valence-corrected chi connectivity index (χ3v) is 1.67. The van der Waals surface area contributed by atoms with Gasteiger partial charge < -0.3 is 0 Å². The summed E-state index contributed by atoms with van der Waals surface area (Å²) in [5, 5.41) is 0. The zero-order chi connectivity index (χ0) is 9.56. The number of rotatable bonds is 4. The number of allylic oxidation sites excluding steroid dienone is 5. The van der Waals surface area contributed by atoms with Crippen LogP contribution in [-0.2, 0) is 0 Å². The summed E-state index contributed by atoms with van der Waals surface area (Å²) < 4.78 is 0. The van der Waals surface area contributed by atoms with E-state index in [0.29, 0.717) is 5.92 Å². The standard InChI is InChI=1S/C11H17N/c1-6-11(9(2)3)8-7-10(4)12-5/h6-9H,1,5H2,2-4H3/b10-7-,11-8+. The topological polar surface area (TPSA) is 12.4 Å². The molecule has 0 aliphatic carbocycles. The second-order valence-corrected chi connectivity index (χ2v) is 2.99. The van der Waals surface area contributed by atoms with Crippen LogP contribution in [0.3, 0.4) is 0 Å². The van der Waals surface area contributed by atoms with E-state index in [1.165, 1.54) is 5.57 Å². The number of hydrogen-bond acceptors (Lipinski definition) is 1. The normalized spacial score (nSPS) is 13.3. The van der Waals surface area contributed by atoms with Crippen LogP contribution in [0.25, 0.3) is 0 Å². The molecule has 0 aromatic heterocycles. The van der Waals surface area contributed by atoms with Crippen molar-refractivity contribution in [1.82, 2.24) is 0 Å². The van der Waals surface area contributed by atoms with E-state index in [2.05, 4.69) is 32.1 Å². The smallest absolute Gasteiger partial charge is 0.0365 e. The van der Waals surface area contributed by atoms with Gasteiger partial charge >= 0.3 is 0 Å². The van der Waals surface area contributed by atoms with Gasteiger partial charge in [-0.1, -0.05) is 32.6 Å². The number of hydrogen-bond donors (Lipinski definition) is 0. The zero-order valence-corrected chi connectivity index (χ0v) is 8.17. The Bertz CT molecular complexity index is 219. The summed E-state index contributed by atoms with van der Waals surface area (Å²) in [4.78, 5) is 3.79. The van der Waals surface area contributed by atoms with Gasteiger partial charge in [-0.15, -0.1) is 0 Å². The fourth-order valence-corrected chi connectivity index (χ4v) is 0.766. The molecule has 0 fully saturated rings. The molecule has 0 radical (unpaired) electrons. The first kappa shape index (κ1) is 10.9. The molecular formula is C11H17N. The van der Waals surface area contributed by atoms with Gasteiger partial charge in [-0.25, -0.2) is 0 Å². The first-order valence-electron chi connectivity index (χ1n) is 4.09. The van der Waals surface area contributed by atoms with E-state index in [4.69, 9.17) is 0 Å². The van der Waals surface area contributed by atoms with Crippen molar-refractivity contribution in [1.29, 1.82) is 0 Å². The molecule has 0 aliphatic heterocycles. The Balaban J connectivity index is 4.50. The zero-order valence-electron chi connectivity index (χ0n) is 8.17. The molecule has 0 saturated heterocycles. The molecule has 0 amide bonds. The summed E-state index contributed by atoms with van der Waals surface area (Å²) in [7, 11) is 0. The molecule has 0 aromatic rings. The van der Waals surface area contributed by atoms with Crippen molar-refractivity contribution in [3.05, 3.63) is 36.1 Å². The van der Waals surface area contributed by atoms with Crippen LogP contribution in [0.15, 0.2) is 41.1 Å². The van der Waals surface area contributed by atoms with Gasteiger partial charge in [-0.3, -0.25) is 4.99 Å². The van der Waals surface area contributed by atoms with E-state index in [9.17, 15) is 0 Å². The summed E-state index contributed by atoms with van der Waals surface area (Å²) in [6, 6.07) is 0. The molecular weight excluding hydrogens is 146 g/mol. The fraction of sp³-hybridized carbons (Fsp3) is 0.364. The molecule has 0 bridgehead atoms. The molecule has 0 saturated carbocycles. The molecule has 12 heavy (non-hydrogen) atoms. The molecule has 0 unspecified atom stereocenters. The highest BCUT2D eigenvalue weighted by molar-refractivity contribution is 5.31. The average Bonchev–Trinajstić information content (AvgIpc) is 2.04. The van der Waals surface area contributed by atoms with E-state index < -0.39 is 0 Å². The van der Waals surface area contributed by atoms with E-state index in [1.54, 1.807) is 0 Å². The van der Waals surface area contributed by atoms with Crippen LogP contribution in [-0.4, -0.2) is 6.72 Å². The SMILES string of the molecule is C=C/C(=C\C=C(\C)N=C)C(C)C. The van der Waals surface area contributed by atoms with Gasteiger partial charge in [-0.05, 0) is 31.2 Å². The minimum Gasteiger partial charge on any atom is -0.269 e. The summed E-state index contributed by atoms with van der Waals surface area (Å²) in [5.74, 6) is 0.511. The van der Waals surface area contributed by atoms with E-state index in [1.807, 2.05) is 25.2 Å². The predicted octanol–water partition coefficient (Wildman–Crippen LogP) is 3.36. The van der Waals surface area contributed by atoms with Gasteiger partial charge in [0.05, 0.1) is 0 Å². The molecule has 0 N–H and O–H groups in total. The van der Waals surface area contributed by atoms with Crippen LogP contribution >= 0.6 is 0 Å². The lowest BCUT2D eigenvalue weighted by atomic mass is 10.0. The van der Waals surface area contributed by atoms with Crippen molar-refractivity contribution >= 4 is 6.72 Å². The van der Waals surface area contributed by atoms with E-state index >= 15 is 0 Å². The molecule has 1 nitrogen and oxygen atoms in total. The number of nitrogens with zero attached hydrogens (tertiary/aromatic N) is 1. The van der Waals surface area contributed by atoms with Gasteiger partial charge in [0.2, 0.25) is 0 Å². The maximum Gasteiger partial charge on any atom is 0.0365 e. The highest BCUT2D eigenvalue weighted by Gasteiger charge is 1.95. The maximum absolute atomic E-state index is 3.79. The minimum absolute atomic E-state index is 0.511. The van der Waals surface area contributed by atoms with Crippen LogP contribution in [0.1, 0.15) is 20.8 Å². The number of aliphatic imine (C=N–C) groups is 1. The van der Waals surface area contributed by atoms with Gasteiger partial charge in [0.25, 0.3) is 0 Å².